The Bertz CT molecular complexity index is 1280. The van der Waals surface area contributed by atoms with Gasteiger partial charge in [-0.3, -0.25) is 14.5 Å². The molecule has 186 valence electrons. The number of halogens is 1. The lowest BCUT2D eigenvalue weighted by Crippen LogP contribution is -2.32. The number of benzene rings is 3. The zero-order valence-electron chi connectivity index (χ0n) is 20.0. The number of hydrogen-bond acceptors (Lipinski definition) is 6. The van der Waals surface area contributed by atoms with Gasteiger partial charge in [-0.25, -0.2) is 0 Å². The summed E-state index contributed by atoms with van der Waals surface area (Å²) in [6.07, 6.45) is 1.70. The van der Waals surface area contributed by atoms with Crippen molar-refractivity contribution in [2.75, 3.05) is 19.8 Å². The third-order valence-corrected chi connectivity index (χ3v) is 6.80. The van der Waals surface area contributed by atoms with Crippen LogP contribution >= 0.6 is 27.7 Å². The molecule has 1 fully saturated rings. The molecule has 8 heteroatoms. The summed E-state index contributed by atoms with van der Waals surface area (Å²) in [4.78, 5) is 27.0. The molecule has 0 radical (unpaired) electrons. The Hall–Kier alpha value is -3.23. The zero-order valence-corrected chi connectivity index (χ0v) is 22.4. The van der Waals surface area contributed by atoms with E-state index in [0.717, 1.165) is 28.5 Å². The monoisotopic (exact) mass is 567 g/mol. The molecule has 6 nitrogen and oxygen atoms in total. The van der Waals surface area contributed by atoms with Crippen LogP contribution in [0, 0.1) is 6.92 Å². The summed E-state index contributed by atoms with van der Waals surface area (Å²) in [6.45, 7) is 5.12. The van der Waals surface area contributed by atoms with Crippen LogP contribution in [-0.2, 0) is 11.4 Å². The van der Waals surface area contributed by atoms with Crippen molar-refractivity contribution in [3.05, 3.63) is 92.8 Å². The number of rotatable bonds is 10. The molecule has 1 saturated heterocycles. The third kappa shape index (κ3) is 6.50. The molecule has 0 aromatic heterocycles. The van der Waals surface area contributed by atoms with Gasteiger partial charge in [0, 0.05) is 0 Å². The van der Waals surface area contributed by atoms with Crippen molar-refractivity contribution in [3.8, 4) is 17.2 Å². The van der Waals surface area contributed by atoms with Gasteiger partial charge < -0.3 is 14.2 Å². The first-order valence-electron chi connectivity index (χ1n) is 11.5. The summed E-state index contributed by atoms with van der Waals surface area (Å²) in [5.74, 6) is 1.51. The molecule has 3 aromatic rings. The van der Waals surface area contributed by atoms with Gasteiger partial charge in [0.15, 0.2) is 11.5 Å². The van der Waals surface area contributed by atoms with Gasteiger partial charge in [0.05, 0.1) is 22.5 Å². The van der Waals surface area contributed by atoms with E-state index < -0.39 is 0 Å². The molecule has 0 unspecified atom stereocenters. The summed E-state index contributed by atoms with van der Waals surface area (Å²) in [7, 11) is 0. The minimum Gasteiger partial charge on any atom is -0.492 e. The quantitative estimate of drug-likeness (QED) is 0.249. The second-order valence-corrected chi connectivity index (χ2v) is 9.88. The normalized spacial score (nSPS) is 14.4. The minimum atomic E-state index is -0.337. The second-order valence-electron chi connectivity index (χ2n) is 8.04. The standard InChI is InChI=1S/C28H26BrNO5S/c1-3-33-24-16-21(15-23(29)26(24)35-18-20-9-5-4-6-10-20)17-25-27(31)30(28(32)36-25)12-13-34-22-11-7-8-19(2)14-22/h4-11,14-17H,3,12-13,18H2,1-2H3/b25-17-. The van der Waals surface area contributed by atoms with Crippen LogP contribution in [0.5, 0.6) is 17.2 Å². The van der Waals surface area contributed by atoms with Crippen LogP contribution in [0.4, 0.5) is 4.79 Å². The molecule has 36 heavy (non-hydrogen) atoms. The molecule has 1 heterocycles. The fourth-order valence-electron chi connectivity index (χ4n) is 3.61. The van der Waals surface area contributed by atoms with E-state index in [2.05, 4.69) is 15.9 Å². The molecule has 0 spiro atoms. The molecule has 0 aliphatic carbocycles. The van der Waals surface area contributed by atoms with Gasteiger partial charge >= 0.3 is 0 Å². The van der Waals surface area contributed by atoms with Crippen molar-refractivity contribution < 1.29 is 23.8 Å². The van der Waals surface area contributed by atoms with Gasteiger partial charge in [-0.2, -0.15) is 0 Å². The maximum absolute atomic E-state index is 12.9. The molecule has 0 N–H and O–H groups in total. The average Bonchev–Trinajstić information content (AvgIpc) is 3.12. The highest BCUT2D eigenvalue weighted by atomic mass is 79.9. The molecule has 1 aliphatic heterocycles. The van der Waals surface area contributed by atoms with Crippen LogP contribution in [-0.4, -0.2) is 35.8 Å². The molecule has 4 rings (SSSR count). The number of carbonyl (C=O) groups excluding carboxylic acids is 2. The predicted octanol–water partition coefficient (Wildman–Crippen LogP) is 6.85. The molecule has 1 aliphatic rings. The van der Waals surface area contributed by atoms with Gasteiger partial charge in [0.25, 0.3) is 11.1 Å². The Morgan fingerprint density at radius 1 is 0.972 bits per heavy atom. The maximum Gasteiger partial charge on any atom is 0.293 e. The first-order chi connectivity index (χ1) is 17.4. The maximum atomic E-state index is 12.9. The number of hydrogen-bond donors (Lipinski definition) is 0. The highest BCUT2D eigenvalue weighted by molar-refractivity contribution is 9.10. The van der Waals surface area contributed by atoms with E-state index in [4.69, 9.17) is 14.2 Å². The van der Waals surface area contributed by atoms with Crippen LogP contribution in [0.1, 0.15) is 23.6 Å². The van der Waals surface area contributed by atoms with Crippen molar-refractivity contribution in [2.45, 2.75) is 20.5 Å². The Morgan fingerprint density at radius 2 is 1.78 bits per heavy atom. The van der Waals surface area contributed by atoms with Crippen molar-refractivity contribution in [1.82, 2.24) is 4.90 Å². The molecule has 0 saturated carbocycles. The molecular weight excluding hydrogens is 542 g/mol. The average molecular weight is 568 g/mol. The van der Waals surface area contributed by atoms with Crippen molar-refractivity contribution >= 4 is 44.9 Å². The molecular formula is C28H26BrNO5S. The van der Waals surface area contributed by atoms with Crippen LogP contribution < -0.4 is 14.2 Å². The lowest BCUT2D eigenvalue weighted by Gasteiger charge is -2.15. The van der Waals surface area contributed by atoms with Gasteiger partial charge in [0.2, 0.25) is 0 Å². The largest absolute Gasteiger partial charge is 0.492 e. The third-order valence-electron chi connectivity index (χ3n) is 5.30. The SMILES string of the molecule is CCOc1cc(/C=C2\SC(=O)N(CCOc3cccc(C)c3)C2=O)cc(Br)c1OCc1ccccc1. The van der Waals surface area contributed by atoms with Gasteiger partial charge in [-0.05, 0) is 88.6 Å². The Morgan fingerprint density at radius 3 is 2.53 bits per heavy atom. The summed E-state index contributed by atoms with van der Waals surface area (Å²) in [6, 6.07) is 21.2. The summed E-state index contributed by atoms with van der Waals surface area (Å²) < 4.78 is 18.3. The minimum absolute atomic E-state index is 0.177. The molecule has 0 bridgehead atoms. The number of carbonyl (C=O) groups is 2. The smallest absolute Gasteiger partial charge is 0.293 e. The van der Waals surface area contributed by atoms with E-state index in [1.54, 1.807) is 6.08 Å². The number of aryl methyl sites for hydroxylation is 1. The van der Waals surface area contributed by atoms with E-state index in [1.807, 2.05) is 80.6 Å². The predicted molar refractivity (Wildman–Crippen MR) is 145 cm³/mol. The molecule has 0 atom stereocenters. The van der Waals surface area contributed by atoms with Gasteiger partial charge in [0.1, 0.15) is 19.0 Å². The van der Waals surface area contributed by atoms with Gasteiger partial charge in [-0.1, -0.05) is 42.5 Å². The fourth-order valence-corrected chi connectivity index (χ4v) is 5.05. The van der Waals surface area contributed by atoms with E-state index >= 15 is 0 Å². The van der Waals surface area contributed by atoms with Crippen molar-refractivity contribution in [3.63, 3.8) is 0 Å². The number of thioether (sulfide) groups is 1. The lowest BCUT2D eigenvalue weighted by atomic mass is 10.1. The topological polar surface area (TPSA) is 65.1 Å². The lowest BCUT2D eigenvalue weighted by molar-refractivity contribution is -0.123. The van der Waals surface area contributed by atoms with E-state index in [-0.39, 0.29) is 24.3 Å². The number of imide groups is 1. The highest BCUT2D eigenvalue weighted by Gasteiger charge is 2.35. The summed E-state index contributed by atoms with van der Waals surface area (Å²) in [5.41, 5.74) is 2.84. The van der Waals surface area contributed by atoms with Crippen LogP contribution in [0.15, 0.2) is 76.1 Å². The van der Waals surface area contributed by atoms with Crippen molar-refractivity contribution in [2.24, 2.45) is 0 Å². The second kappa shape index (κ2) is 12.1. The summed E-state index contributed by atoms with van der Waals surface area (Å²) >= 11 is 4.49. The van der Waals surface area contributed by atoms with Crippen LogP contribution in [0.3, 0.4) is 0 Å². The fraction of sp³-hybridized carbons (Fsp3) is 0.214. The van der Waals surface area contributed by atoms with E-state index in [0.29, 0.717) is 39.8 Å². The van der Waals surface area contributed by atoms with Gasteiger partial charge in [-0.15, -0.1) is 0 Å². The molecule has 3 aromatic carbocycles. The first kappa shape index (κ1) is 25.9. The Labute approximate surface area is 223 Å². The van der Waals surface area contributed by atoms with E-state index in [1.165, 1.54) is 4.90 Å². The highest BCUT2D eigenvalue weighted by Crippen LogP contribution is 2.39. The van der Waals surface area contributed by atoms with Crippen LogP contribution in [0.2, 0.25) is 0 Å². The van der Waals surface area contributed by atoms with E-state index in [9.17, 15) is 9.59 Å². The Balaban J connectivity index is 1.46. The number of ether oxygens (including phenoxy) is 3. The zero-order chi connectivity index (χ0) is 25.5. The Kier molecular flexibility index (Phi) is 8.72. The number of amides is 2. The molecule has 2 amide bonds. The van der Waals surface area contributed by atoms with Crippen molar-refractivity contribution in [1.29, 1.82) is 0 Å². The first-order valence-corrected chi connectivity index (χ1v) is 13.1. The summed E-state index contributed by atoms with van der Waals surface area (Å²) in [5, 5.41) is -0.314. The van der Waals surface area contributed by atoms with Crippen LogP contribution in [0.25, 0.3) is 6.08 Å². The number of nitrogens with zero attached hydrogens (tertiary/aromatic N) is 1.